The molecule has 0 amide bonds. The summed E-state index contributed by atoms with van der Waals surface area (Å²) < 4.78 is 5.95. The fourth-order valence-electron chi connectivity index (χ4n) is 3.37. The molecule has 0 spiro atoms. The van der Waals surface area contributed by atoms with E-state index in [0.717, 1.165) is 5.56 Å². The molecule has 1 aromatic rings. The highest BCUT2D eigenvalue weighted by Crippen LogP contribution is 2.55. The first-order chi connectivity index (χ1) is 9.79. The number of Topliss-reactive ketones (excluding diaryl/α,β-unsaturated/α-hetero) is 1. The van der Waals surface area contributed by atoms with E-state index in [2.05, 4.69) is 0 Å². The topological polar surface area (TPSA) is 44.8 Å². The third-order valence-electron chi connectivity index (χ3n) is 4.76. The molecule has 4 nitrogen and oxygen atoms in total. The van der Waals surface area contributed by atoms with Crippen LogP contribution in [0.1, 0.15) is 39.2 Å². The van der Waals surface area contributed by atoms with Crippen LogP contribution in [0.3, 0.4) is 0 Å². The van der Waals surface area contributed by atoms with E-state index in [0.29, 0.717) is 24.3 Å². The van der Waals surface area contributed by atoms with Crippen LogP contribution in [0.4, 0.5) is 0 Å². The average Bonchev–Trinajstić information content (AvgIpc) is 2.69. The Labute approximate surface area is 129 Å². The maximum atomic E-state index is 12.4. The molecule has 3 rings (SSSR count). The Balaban J connectivity index is 1.97. The SMILES string of the molecule is CC(=O)[C@]1(Cc2ccc(Cl)cc2)CC[C@]2(C)OO[C@@]1(C)O2. The molecule has 5 heteroatoms. The van der Waals surface area contributed by atoms with Crippen LogP contribution >= 0.6 is 11.6 Å². The van der Waals surface area contributed by atoms with Crippen LogP contribution in [0.2, 0.25) is 5.02 Å². The van der Waals surface area contributed by atoms with E-state index in [-0.39, 0.29) is 5.78 Å². The first-order valence-electron chi connectivity index (χ1n) is 7.11. The van der Waals surface area contributed by atoms with Crippen LogP contribution in [0, 0.1) is 5.41 Å². The first kappa shape index (κ1) is 15.0. The summed E-state index contributed by atoms with van der Waals surface area (Å²) in [5, 5.41) is 0.676. The van der Waals surface area contributed by atoms with E-state index >= 15 is 0 Å². The Morgan fingerprint density at radius 3 is 2.48 bits per heavy atom. The third kappa shape index (κ3) is 2.30. The molecule has 21 heavy (non-hydrogen) atoms. The van der Waals surface area contributed by atoms with Gasteiger partial charge in [-0.25, -0.2) is 0 Å². The lowest BCUT2D eigenvalue weighted by Crippen LogP contribution is -2.57. The number of ether oxygens (including phenoxy) is 1. The number of fused-ring (bicyclic) bond motifs is 2. The molecular weight excluding hydrogens is 292 g/mol. The van der Waals surface area contributed by atoms with E-state index in [4.69, 9.17) is 26.1 Å². The molecule has 2 saturated heterocycles. The molecule has 0 unspecified atom stereocenters. The summed E-state index contributed by atoms with van der Waals surface area (Å²) >= 11 is 5.92. The van der Waals surface area contributed by atoms with E-state index in [1.54, 1.807) is 13.8 Å². The monoisotopic (exact) mass is 310 g/mol. The van der Waals surface area contributed by atoms with E-state index in [9.17, 15) is 4.79 Å². The van der Waals surface area contributed by atoms with E-state index in [1.807, 2.05) is 31.2 Å². The van der Waals surface area contributed by atoms with Crippen molar-refractivity contribution in [2.24, 2.45) is 5.41 Å². The van der Waals surface area contributed by atoms with Crippen LogP contribution in [-0.2, 0) is 25.7 Å². The zero-order valence-corrected chi connectivity index (χ0v) is 13.2. The predicted octanol–water partition coefficient (Wildman–Crippen LogP) is 3.66. The predicted molar refractivity (Wildman–Crippen MR) is 77.6 cm³/mol. The highest BCUT2D eigenvalue weighted by molar-refractivity contribution is 6.30. The minimum absolute atomic E-state index is 0.0486. The smallest absolute Gasteiger partial charge is 0.214 e. The van der Waals surface area contributed by atoms with Crippen molar-refractivity contribution in [3.63, 3.8) is 0 Å². The summed E-state index contributed by atoms with van der Waals surface area (Å²) in [5.74, 6) is -1.77. The zero-order chi connectivity index (χ0) is 15.3. The van der Waals surface area contributed by atoms with Gasteiger partial charge in [-0.2, -0.15) is 9.78 Å². The van der Waals surface area contributed by atoms with Crippen molar-refractivity contribution in [3.05, 3.63) is 34.9 Å². The van der Waals surface area contributed by atoms with Gasteiger partial charge in [0, 0.05) is 11.4 Å². The summed E-state index contributed by atoms with van der Waals surface area (Å²) in [5.41, 5.74) is 0.273. The van der Waals surface area contributed by atoms with E-state index in [1.165, 1.54) is 0 Å². The van der Waals surface area contributed by atoms with Crippen molar-refractivity contribution in [1.82, 2.24) is 0 Å². The molecule has 3 atom stereocenters. The molecule has 2 aliphatic rings. The zero-order valence-electron chi connectivity index (χ0n) is 12.4. The third-order valence-corrected chi connectivity index (χ3v) is 5.01. The van der Waals surface area contributed by atoms with Crippen molar-refractivity contribution in [2.45, 2.75) is 51.6 Å². The van der Waals surface area contributed by atoms with Crippen LogP contribution in [-0.4, -0.2) is 17.4 Å². The van der Waals surface area contributed by atoms with Gasteiger partial charge in [-0.3, -0.25) is 4.79 Å². The number of carbonyl (C=O) groups is 1. The maximum Gasteiger partial charge on any atom is 0.214 e. The van der Waals surface area contributed by atoms with Crippen LogP contribution in [0.25, 0.3) is 0 Å². The summed E-state index contributed by atoms with van der Waals surface area (Å²) in [7, 11) is 0. The van der Waals surface area contributed by atoms with Crippen molar-refractivity contribution in [3.8, 4) is 0 Å². The lowest BCUT2D eigenvalue weighted by molar-refractivity contribution is -0.350. The number of hydrogen-bond acceptors (Lipinski definition) is 4. The van der Waals surface area contributed by atoms with Crippen molar-refractivity contribution >= 4 is 17.4 Å². The second-order valence-electron chi connectivity index (χ2n) is 6.29. The van der Waals surface area contributed by atoms with Gasteiger partial charge in [0.1, 0.15) is 5.78 Å². The van der Waals surface area contributed by atoms with Gasteiger partial charge in [0.25, 0.3) is 0 Å². The van der Waals surface area contributed by atoms with Gasteiger partial charge in [0.05, 0.1) is 5.41 Å². The second kappa shape index (κ2) is 4.78. The van der Waals surface area contributed by atoms with Gasteiger partial charge >= 0.3 is 0 Å². The molecule has 2 heterocycles. The summed E-state index contributed by atoms with van der Waals surface area (Å²) in [6.45, 7) is 5.22. The fraction of sp³-hybridized carbons (Fsp3) is 0.562. The molecule has 0 aromatic heterocycles. The molecule has 2 fully saturated rings. The highest BCUT2D eigenvalue weighted by Gasteiger charge is 2.66. The minimum atomic E-state index is -1.06. The highest BCUT2D eigenvalue weighted by atomic mass is 35.5. The number of benzene rings is 1. The number of carbonyl (C=O) groups excluding carboxylic acids is 1. The molecule has 0 N–H and O–H groups in total. The normalized spacial score (nSPS) is 38.5. The summed E-state index contributed by atoms with van der Waals surface area (Å²) in [6.07, 6.45) is 1.82. The molecule has 1 aromatic carbocycles. The number of rotatable bonds is 3. The van der Waals surface area contributed by atoms with Crippen molar-refractivity contribution in [1.29, 1.82) is 0 Å². The molecule has 0 radical (unpaired) electrons. The molecule has 114 valence electrons. The fourth-order valence-corrected chi connectivity index (χ4v) is 3.50. The number of hydrogen-bond donors (Lipinski definition) is 0. The molecule has 0 saturated carbocycles. The van der Waals surface area contributed by atoms with Gasteiger partial charge in [-0.15, -0.1) is 0 Å². The first-order valence-corrected chi connectivity index (χ1v) is 7.49. The van der Waals surface area contributed by atoms with Crippen LogP contribution in [0.15, 0.2) is 24.3 Å². The molecule has 0 aliphatic carbocycles. The Hall–Kier alpha value is -0.940. The standard InChI is InChI=1S/C16H19ClO4/c1-11(18)16(10-12-4-6-13(17)7-5-12)9-8-14(2)19-15(16,3)21-20-14/h4-7H,8-10H2,1-3H3/t14-,15+,16+/m0/s1. The molecule has 2 aliphatic heterocycles. The van der Waals surface area contributed by atoms with Crippen LogP contribution in [0.5, 0.6) is 0 Å². The van der Waals surface area contributed by atoms with E-state index < -0.39 is 17.0 Å². The Morgan fingerprint density at radius 2 is 1.86 bits per heavy atom. The maximum absolute atomic E-state index is 12.4. The molecule has 2 bridgehead atoms. The quantitative estimate of drug-likeness (QED) is 0.799. The average molecular weight is 311 g/mol. The Bertz CT molecular complexity index is 572. The van der Waals surface area contributed by atoms with Crippen LogP contribution < -0.4 is 0 Å². The largest absolute Gasteiger partial charge is 0.312 e. The van der Waals surface area contributed by atoms with Crippen molar-refractivity contribution in [2.75, 3.05) is 0 Å². The second-order valence-corrected chi connectivity index (χ2v) is 6.73. The number of halogens is 1. The number of ketones is 1. The molecular formula is C16H19ClO4. The Morgan fingerprint density at radius 1 is 1.19 bits per heavy atom. The summed E-state index contributed by atoms with van der Waals surface area (Å²) in [6, 6.07) is 7.51. The Kier molecular flexibility index (Phi) is 3.41. The van der Waals surface area contributed by atoms with Gasteiger partial charge in [-0.05, 0) is 51.3 Å². The lowest BCUT2D eigenvalue weighted by Gasteiger charge is -2.45. The van der Waals surface area contributed by atoms with Gasteiger partial charge < -0.3 is 4.74 Å². The summed E-state index contributed by atoms with van der Waals surface area (Å²) in [4.78, 5) is 23.3. The van der Waals surface area contributed by atoms with Gasteiger partial charge in [-0.1, -0.05) is 23.7 Å². The van der Waals surface area contributed by atoms with Gasteiger partial charge in [0.15, 0.2) is 0 Å². The lowest BCUT2D eigenvalue weighted by atomic mass is 9.67. The van der Waals surface area contributed by atoms with Crippen molar-refractivity contribution < 1.29 is 19.3 Å². The minimum Gasteiger partial charge on any atom is -0.312 e. The van der Waals surface area contributed by atoms with Gasteiger partial charge in [0.2, 0.25) is 11.6 Å².